The summed E-state index contributed by atoms with van der Waals surface area (Å²) in [5.74, 6) is 0. The van der Waals surface area contributed by atoms with E-state index in [1.807, 2.05) is 0 Å². The van der Waals surface area contributed by atoms with E-state index in [2.05, 4.69) is 187 Å². The Hall–Kier alpha value is -2.44. The molecule has 0 spiro atoms. The van der Waals surface area contributed by atoms with Gasteiger partial charge in [-0.15, -0.1) is 11.1 Å². The zero-order valence-electron chi connectivity index (χ0n) is 32.6. The number of aryl methyl sites for hydroxylation is 4. The standard InChI is InChI=1S/C21H25.C15H14.C11H17.2ClH.Zr/c1-20(2,3)16-7-9-18-14(12-16)11-15-13-17(21(4,5)6)8-10-19(15)18;1-12-3-7-14(8-4-12)11-15-9-5-13(2)6-10-15;1-8-6-9(2)10(7-8)11(3,4)5;;;/h7-10,12H,11H2,1-6H3;3-10H,1-2H3;6-7H,1-5H3;2*1H;/q-1;;-1;;;+2/p-2. The van der Waals surface area contributed by atoms with Crippen molar-refractivity contribution in [1.82, 2.24) is 0 Å². The number of rotatable bonds is 2. The summed E-state index contributed by atoms with van der Waals surface area (Å²) >= 11 is 1.46. The Kier molecular flexibility index (Phi) is 15.2. The third-order valence-electron chi connectivity index (χ3n) is 9.19. The second kappa shape index (κ2) is 17.4. The van der Waals surface area contributed by atoms with Crippen LogP contribution >= 0.6 is 0 Å². The van der Waals surface area contributed by atoms with Crippen LogP contribution in [0.15, 0.2) is 91.0 Å². The van der Waals surface area contributed by atoms with E-state index in [4.69, 9.17) is 0 Å². The van der Waals surface area contributed by atoms with Crippen LogP contribution in [0, 0.1) is 33.8 Å². The Bertz CT molecular complexity index is 1760. The van der Waals surface area contributed by atoms with Crippen molar-refractivity contribution in [3.63, 3.8) is 0 Å². The first-order valence-electron chi connectivity index (χ1n) is 17.4. The molecule has 1 aliphatic rings. The number of fused-ring (bicyclic) bond motifs is 3. The van der Waals surface area contributed by atoms with E-state index >= 15 is 0 Å². The summed E-state index contributed by atoms with van der Waals surface area (Å²) in [6, 6.07) is 37.2. The largest absolute Gasteiger partial charge is 1.00 e. The van der Waals surface area contributed by atoms with Crippen LogP contribution in [0.5, 0.6) is 0 Å². The quantitative estimate of drug-likeness (QED) is 0.179. The normalized spacial score (nSPS) is 11.8. The van der Waals surface area contributed by atoms with Gasteiger partial charge in [0, 0.05) is 0 Å². The molecule has 0 amide bonds. The van der Waals surface area contributed by atoms with E-state index in [1.165, 1.54) is 99.8 Å². The minimum absolute atomic E-state index is 0. The van der Waals surface area contributed by atoms with E-state index in [1.54, 1.807) is 0 Å². The van der Waals surface area contributed by atoms with Crippen molar-refractivity contribution in [3.8, 4) is 11.1 Å². The summed E-state index contributed by atoms with van der Waals surface area (Å²) in [6.07, 6.45) is 1.03. The van der Waals surface area contributed by atoms with Crippen molar-refractivity contribution in [1.29, 1.82) is 0 Å². The van der Waals surface area contributed by atoms with Crippen LogP contribution in [-0.2, 0) is 46.9 Å². The van der Waals surface area contributed by atoms with Gasteiger partial charge in [0.1, 0.15) is 0 Å². The third kappa shape index (κ3) is 11.3. The average Bonchev–Trinajstić information content (AvgIpc) is 3.55. The van der Waals surface area contributed by atoms with E-state index in [9.17, 15) is 0 Å². The molecule has 264 valence electrons. The van der Waals surface area contributed by atoms with Gasteiger partial charge in [0.15, 0.2) is 0 Å². The fourth-order valence-electron chi connectivity index (χ4n) is 6.25. The number of hydrogen-bond donors (Lipinski definition) is 0. The Balaban J connectivity index is 0.000000268. The molecule has 0 N–H and O–H groups in total. The van der Waals surface area contributed by atoms with Crippen molar-refractivity contribution in [2.75, 3.05) is 0 Å². The molecule has 0 fully saturated rings. The summed E-state index contributed by atoms with van der Waals surface area (Å²) in [5.41, 5.74) is 18.6. The van der Waals surface area contributed by atoms with E-state index < -0.39 is 0 Å². The van der Waals surface area contributed by atoms with Gasteiger partial charge in [0.25, 0.3) is 0 Å². The first-order valence-corrected chi connectivity index (χ1v) is 18.6. The third-order valence-corrected chi connectivity index (χ3v) is 10.6. The van der Waals surface area contributed by atoms with Gasteiger partial charge in [0.05, 0.1) is 0 Å². The second-order valence-electron chi connectivity index (χ2n) is 16.8. The van der Waals surface area contributed by atoms with E-state index in [0.717, 1.165) is 6.42 Å². The summed E-state index contributed by atoms with van der Waals surface area (Å²) in [5, 5.41) is 0. The molecule has 0 bridgehead atoms. The van der Waals surface area contributed by atoms with Crippen molar-refractivity contribution < 1.29 is 49.0 Å². The monoisotopic (exact) mass is 780 g/mol. The smallest absolute Gasteiger partial charge is 1.00 e. The van der Waals surface area contributed by atoms with Crippen LogP contribution in [0.4, 0.5) is 0 Å². The maximum atomic E-state index is 3.67. The predicted octanol–water partition coefficient (Wildman–Crippen LogP) is 6.40. The molecule has 3 heteroatoms. The Labute approximate surface area is 332 Å². The molecule has 0 heterocycles. The predicted molar refractivity (Wildman–Crippen MR) is 207 cm³/mol. The SMILES string of the molecule is CC(C)(C)c1[c-]c2c(cc1)-c1ccc(C(C)(C)C)cc1C2.Cc1cc(C(C)(C)C)c(C)[cH-]1.Cc1ccc([C](=[Zr+2])c2ccc(C)cc2)cc1.[Cl-].[Cl-]. The van der Waals surface area contributed by atoms with E-state index in [0.29, 0.717) is 5.41 Å². The van der Waals surface area contributed by atoms with Gasteiger partial charge in [-0.2, -0.15) is 46.5 Å². The Morgan fingerprint density at radius 2 is 1.10 bits per heavy atom. The van der Waals surface area contributed by atoms with E-state index in [-0.39, 0.29) is 35.6 Å². The summed E-state index contributed by atoms with van der Waals surface area (Å²) in [4.78, 5) is 0. The van der Waals surface area contributed by atoms with Crippen LogP contribution in [0.1, 0.15) is 124 Å². The van der Waals surface area contributed by atoms with Gasteiger partial charge in [-0.3, -0.25) is 0 Å². The molecule has 50 heavy (non-hydrogen) atoms. The topological polar surface area (TPSA) is 0 Å². The molecule has 5 aromatic carbocycles. The molecule has 0 atom stereocenters. The minimum atomic E-state index is 0. The maximum Gasteiger partial charge on any atom is -1.00 e. The minimum Gasteiger partial charge on any atom is -1.00 e. The number of benzene rings is 4. The molecule has 1 aliphatic carbocycles. The maximum absolute atomic E-state index is 3.67. The molecule has 0 nitrogen and oxygen atoms in total. The van der Waals surface area contributed by atoms with Crippen LogP contribution < -0.4 is 24.8 Å². The van der Waals surface area contributed by atoms with Crippen molar-refractivity contribution in [2.45, 2.75) is 113 Å². The van der Waals surface area contributed by atoms with Crippen LogP contribution in [0.3, 0.4) is 0 Å². The zero-order valence-corrected chi connectivity index (χ0v) is 36.6. The number of halogens is 2. The summed E-state index contributed by atoms with van der Waals surface area (Å²) in [7, 11) is 0. The zero-order chi connectivity index (χ0) is 35.6. The van der Waals surface area contributed by atoms with Gasteiger partial charge in [-0.1, -0.05) is 105 Å². The summed E-state index contributed by atoms with van der Waals surface area (Å²) in [6.45, 7) is 29.0. The molecule has 0 radical (unpaired) electrons. The Morgan fingerprint density at radius 1 is 0.600 bits per heavy atom. The van der Waals surface area contributed by atoms with Crippen LogP contribution in [0.25, 0.3) is 11.1 Å². The van der Waals surface area contributed by atoms with Gasteiger partial charge in [-0.05, 0) is 28.4 Å². The van der Waals surface area contributed by atoms with Crippen molar-refractivity contribution in [3.05, 3.63) is 158 Å². The molecular formula is C47H56Cl2Zr-2. The molecule has 0 aromatic heterocycles. The summed E-state index contributed by atoms with van der Waals surface area (Å²) < 4.78 is 1.42. The first kappa shape index (κ1) is 43.7. The molecule has 5 aromatic rings. The van der Waals surface area contributed by atoms with Crippen molar-refractivity contribution >= 4 is 3.21 Å². The van der Waals surface area contributed by atoms with Crippen LogP contribution in [0.2, 0.25) is 0 Å². The molecule has 6 rings (SSSR count). The Morgan fingerprint density at radius 3 is 1.50 bits per heavy atom. The molecule has 0 saturated carbocycles. The van der Waals surface area contributed by atoms with Gasteiger partial charge in [-0.25, -0.2) is 6.07 Å². The average molecular weight is 783 g/mol. The van der Waals surface area contributed by atoms with Gasteiger partial charge < -0.3 is 24.8 Å². The molecule has 0 saturated heterocycles. The molecule has 0 aliphatic heterocycles. The fraction of sp³-hybridized carbons (Fsp3) is 0.362. The van der Waals surface area contributed by atoms with Crippen molar-refractivity contribution in [2.24, 2.45) is 0 Å². The fourth-order valence-corrected chi connectivity index (χ4v) is 7.06. The van der Waals surface area contributed by atoms with Crippen LogP contribution in [-0.4, -0.2) is 3.21 Å². The van der Waals surface area contributed by atoms with Gasteiger partial charge in [0.2, 0.25) is 0 Å². The first-order chi connectivity index (χ1) is 22.2. The van der Waals surface area contributed by atoms with Gasteiger partial charge >= 0.3 is 112 Å². The molecule has 0 unspecified atom stereocenters. The molecular weight excluding hydrogens is 727 g/mol. The second-order valence-corrected chi connectivity index (χ2v) is 18.0. The number of hydrogen-bond acceptors (Lipinski definition) is 0.